The first-order valence-electron chi connectivity index (χ1n) is 12.3. The molecule has 1 aliphatic heterocycles. The lowest BCUT2D eigenvalue weighted by atomic mass is 9.99. The first kappa shape index (κ1) is 28.8. The third kappa shape index (κ3) is 5.56. The molecule has 40 heavy (non-hydrogen) atoms. The first-order chi connectivity index (χ1) is 18.8. The fraction of sp³-hybridized carbons (Fsp3) is 0.321. The van der Waals surface area contributed by atoms with Crippen molar-refractivity contribution in [2.75, 3.05) is 37.5 Å². The predicted octanol–water partition coefficient (Wildman–Crippen LogP) is 5.71. The molecule has 12 heteroatoms. The fourth-order valence-corrected chi connectivity index (χ4v) is 4.72. The van der Waals surface area contributed by atoms with E-state index in [1.807, 2.05) is 25.8 Å². The van der Waals surface area contributed by atoms with Crippen LogP contribution >= 0.6 is 0 Å². The number of ether oxygens (including phenoxy) is 1. The number of pyridine rings is 1. The number of nitrogens with one attached hydrogen (secondary N) is 1. The Bertz CT molecular complexity index is 1480. The van der Waals surface area contributed by atoms with E-state index in [-0.39, 0.29) is 34.8 Å². The summed E-state index contributed by atoms with van der Waals surface area (Å²) in [6.07, 6.45) is -4.13. The maximum absolute atomic E-state index is 15.0. The SMILES string of the molecule is COc1cc(C(F)(F)F)c(C(=O)Nc2cc(-c3c(F)ccc(C#N)c3F)ccc2N2C[C@@H](C)N(C)[C@@H](C)C2)cn1. The van der Waals surface area contributed by atoms with E-state index in [1.165, 1.54) is 12.1 Å². The predicted molar refractivity (Wildman–Crippen MR) is 139 cm³/mol. The smallest absolute Gasteiger partial charge is 0.417 e. The molecule has 0 saturated carbocycles. The summed E-state index contributed by atoms with van der Waals surface area (Å²) in [5.41, 5.74) is -2.41. The number of halogens is 5. The van der Waals surface area contributed by atoms with Crippen LogP contribution in [0.25, 0.3) is 11.1 Å². The Hall–Kier alpha value is -4.24. The van der Waals surface area contributed by atoms with Gasteiger partial charge in [-0.1, -0.05) is 6.07 Å². The normalized spacial score (nSPS) is 17.9. The molecule has 1 aromatic heterocycles. The highest BCUT2D eigenvalue weighted by Crippen LogP contribution is 2.38. The summed E-state index contributed by atoms with van der Waals surface area (Å²) in [5, 5.41) is 11.7. The molecule has 3 aromatic rings. The van der Waals surface area contributed by atoms with Gasteiger partial charge in [0.25, 0.3) is 5.91 Å². The van der Waals surface area contributed by atoms with Crippen LogP contribution in [-0.2, 0) is 6.18 Å². The van der Waals surface area contributed by atoms with Crippen molar-refractivity contribution in [1.82, 2.24) is 9.88 Å². The maximum Gasteiger partial charge on any atom is 0.417 e. The van der Waals surface area contributed by atoms with Gasteiger partial charge >= 0.3 is 6.18 Å². The average molecular weight is 560 g/mol. The minimum atomic E-state index is -4.89. The zero-order chi connectivity index (χ0) is 29.4. The number of amides is 1. The Labute approximate surface area is 227 Å². The molecule has 0 spiro atoms. The van der Waals surface area contributed by atoms with E-state index >= 15 is 4.39 Å². The van der Waals surface area contributed by atoms with E-state index in [9.17, 15) is 27.6 Å². The summed E-state index contributed by atoms with van der Waals surface area (Å²) in [4.78, 5) is 21.1. The summed E-state index contributed by atoms with van der Waals surface area (Å²) >= 11 is 0. The Morgan fingerprint density at radius 2 is 1.80 bits per heavy atom. The largest absolute Gasteiger partial charge is 0.481 e. The second-order valence-electron chi connectivity index (χ2n) is 9.62. The summed E-state index contributed by atoms with van der Waals surface area (Å²) in [6.45, 7) is 5.05. The van der Waals surface area contributed by atoms with Crippen LogP contribution in [0, 0.1) is 23.0 Å². The van der Waals surface area contributed by atoms with Gasteiger partial charge < -0.3 is 15.0 Å². The van der Waals surface area contributed by atoms with Crippen LogP contribution in [0.4, 0.5) is 33.3 Å². The van der Waals surface area contributed by atoms with Crippen molar-refractivity contribution >= 4 is 17.3 Å². The number of rotatable bonds is 5. The van der Waals surface area contributed by atoms with Crippen molar-refractivity contribution in [3.63, 3.8) is 0 Å². The molecule has 1 N–H and O–H groups in total. The number of nitrogens with zero attached hydrogens (tertiary/aromatic N) is 4. The van der Waals surface area contributed by atoms with Crippen LogP contribution in [0.2, 0.25) is 0 Å². The van der Waals surface area contributed by atoms with Crippen molar-refractivity contribution in [3.8, 4) is 23.1 Å². The van der Waals surface area contributed by atoms with Crippen molar-refractivity contribution < 1.29 is 31.5 Å². The molecule has 2 aromatic carbocycles. The summed E-state index contributed by atoms with van der Waals surface area (Å²) in [7, 11) is 3.12. The van der Waals surface area contributed by atoms with Crippen molar-refractivity contribution in [1.29, 1.82) is 5.26 Å². The standard InChI is InChI=1S/C28H26F5N5O2/c1-15-13-38(14-16(2)37(15)3)23-8-6-17(25-21(29)7-5-18(11-34)26(25)30)9-22(23)36-27(39)19-12-35-24(40-4)10-20(19)28(31,32)33/h5-10,12,15-16H,13-14H2,1-4H3,(H,36,39)/t15-,16+. The Balaban J connectivity index is 1.84. The quantitative estimate of drug-likeness (QED) is 0.404. The summed E-state index contributed by atoms with van der Waals surface area (Å²) in [6, 6.07) is 8.70. The molecule has 7 nitrogen and oxygen atoms in total. The van der Waals surface area contributed by atoms with Crippen LogP contribution in [0.3, 0.4) is 0 Å². The molecule has 1 fully saturated rings. The minimum Gasteiger partial charge on any atom is -0.481 e. The van der Waals surface area contributed by atoms with Crippen molar-refractivity contribution in [2.24, 2.45) is 0 Å². The van der Waals surface area contributed by atoms with Gasteiger partial charge in [-0.3, -0.25) is 9.69 Å². The molecule has 1 aliphatic rings. The molecule has 210 valence electrons. The number of hydrogen-bond acceptors (Lipinski definition) is 6. The number of carbonyl (C=O) groups excluding carboxylic acids is 1. The number of nitriles is 1. The number of piperazine rings is 1. The lowest BCUT2D eigenvalue weighted by Gasteiger charge is -2.44. The second-order valence-corrected chi connectivity index (χ2v) is 9.62. The van der Waals surface area contributed by atoms with Gasteiger partial charge in [0.05, 0.1) is 40.7 Å². The molecule has 2 heterocycles. The molecule has 4 rings (SSSR count). The van der Waals surface area contributed by atoms with E-state index in [0.29, 0.717) is 24.8 Å². The molecular weight excluding hydrogens is 533 g/mol. The molecule has 0 bridgehead atoms. The van der Waals surface area contributed by atoms with Crippen LogP contribution in [0.5, 0.6) is 5.88 Å². The highest BCUT2D eigenvalue weighted by Gasteiger charge is 2.37. The van der Waals surface area contributed by atoms with Gasteiger partial charge in [0, 0.05) is 37.4 Å². The number of carbonyl (C=O) groups is 1. The Morgan fingerprint density at radius 3 is 2.40 bits per heavy atom. The van der Waals surface area contributed by atoms with E-state index in [4.69, 9.17) is 4.74 Å². The van der Waals surface area contributed by atoms with Gasteiger partial charge in [0.15, 0.2) is 5.82 Å². The van der Waals surface area contributed by atoms with Gasteiger partial charge in [-0.25, -0.2) is 13.8 Å². The van der Waals surface area contributed by atoms with E-state index < -0.39 is 40.4 Å². The molecule has 2 atom stereocenters. The minimum absolute atomic E-state index is 0.00900. The van der Waals surface area contributed by atoms with Gasteiger partial charge in [-0.2, -0.15) is 18.4 Å². The van der Waals surface area contributed by atoms with Gasteiger partial charge in [-0.05, 0) is 50.7 Å². The number of benzene rings is 2. The highest BCUT2D eigenvalue weighted by molar-refractivity contribution is 6.07. The van der Waals surface area contributed by atoms with Crippen molar-refractivity contribution in [3.05, 3.63) is 70.9 Å². The van der Waals surface area contributed by atoms with Gasteiger partial charge in [0.1, 0.15) is 11.9 Å². The lowest BCUT2D eigenvalue weighted by molar-refractivity contribution is -0.138. The molecule has 0 unspecified atom stereocenters. The van der Waals surface area contributed by atoms with Gasteiger partial charge in [-0.15, -0.1) is 0 Å². The van der Waals surface area contributed by atoms with Crippen LogP contribution in [-0.4, -0.2) is 55.1 Å². The van der Waals surface area contributed by atoms with Crippen molar-refractivity contribution in [2.45, 2.75) is 32.1 Å². The Kier molecular flexibility index (Phi) is 7.98. The summed E-state index contributed by atoms with van der Waals surface area (Å²) < 4.78 is 76.0. The number of hydrogen-bond donors (Lipinski definition) is 1. The topological polar surface area (TPSA) is 81.5 Å². The second kappa shape index (κ2) is 11.1. The van der Waals surface area contributed by atoms with E-state index in [0.717, 1.165) is 25.4 Å². The van der Waals surface area contributed by atoms with Gasteiger partial charge in [0.2, 0.25) is 5.88 Å². The average Bonchev–Trinajstić information content (AvgIpc) is 2.91. The molecular formula is C28H26F5N5O2. The zero-order valence-electron chi connectivity index (χ0n) is 22.1. The lowest BCUT2D eigenvalue weighted by Crippen LogP contribution is -2.55. The third-order valence-electron chi connectivity index (χ3n) is 7.08. The highest BCUT2D eigenvalue weighted by atomic mass is 19.4. The number of anilines is 2. The molecule has 1 saturated heterocycles. The number of methoxy groups -OCH3 is 1. The Morgan fingerprint density at radius 1 is 1.12 bits per heavy atom. The van der Waals surface area contributed by atoms with E-state index in [2.05, 4.69) is 15.2 Å². The van der Waals surface area contributed by atoms with Crippen LogP contribution in [0.1, 0.15) is 35.3 Å². The van der Waals surface area contributed by atoms with Crippen LogP contribution < -0.4 is 15.0 Å². The molecule has 0 aliphatic carbocycles. The monoisotopic (exact) mass is 559 g/mol. The van der Waals surface area contributed by atoms with E-state index in [1.54, 1.807) is 12.1 Å². The number of aromatic nitrogens is 1. The fourth-order valence-electron chi connectivity index (χ4n) is 4.72. The zero-order valence-corrected chi connectivity index (χ0v) is 22.1. The van der Waals surface area contributed by atoms with Crippen LogP contribution in [0.15, 0.2) is 42.6 Å². The molecule has 0 radical (unpaired) electrons. The number of likely N-dealkylation sites (N-methyl/N-ethyl adjacent to an activating group) is 1. The maximum atomic E-state index is 15.0. The first-order valence-corrected chi connectivity index (χ1v) is 12.3. The molecule has 1 amide bonds. The number of alkyl halides is 3. The summed E-state index contributed by atoms with van der Waals surface area (Å²) in [5.74, 6) is -3.48. The third-order valence-corrected chi connectivity index (χ3v) is 7.08.